The van der Waals surface area contributed by atoms with Crippen molar-refractivity contribution >= 4 is 39.8 Å². The molecule has 10 nitrogen and oxygen atoms in total. The number of aryl methyl sites for hydroxylation is 1. The summed E-state index contributed by atoms with van der Waals surface area (Å²) in [6.07, 6.45) is -1.75. The van der Waals surface area contributed by atoms with Gasteiger partial charge in [0.1, 0.15) is 11.5 Å². The topological polar surface area (TPSA) is 123 Å². The highest BCUT2D eigenvalue weighted by Gasteiger charge is 2.34. The van der Waals surface area contributed by atoms with E-state index in [1.54, 1.807) is 19.2 Å². The summed E-state index contributed by atoms with van der Waals surface area (Å²) >= 11 is 6.94. The minimum absolute atomic E-state index is 0.00734. The molecule has 0 bridgehead atoms. The first-order valence-electron chi connectivity index (χ1n) is 15.0. The SMILES string of the molecule is CNCc1ccc(-c2cccc(-c3cccc(Nc4nc(C(F)(F)F)cc5cnn(C)c(=O)c45)c3C)c2Cl)nc1OC.O=C1CCCN1. The Morgan fingerprint density at radius 2 is 1.77 bits per heavy atom. The Labute approximate surface area is 279 Å². The maximum absolute atomic E-state index is 13.7. The molecule has 0 aliphatic carbocycles. The molecule has 0 spiro atoms. The number of rotatable bonds is 7. The Kier molecular flexibility index (Phi) is 10.3. The second-order valence-electron chi connectivity index (χ2n) is 11.0. The molecule has 1 saturated heterocycles. The van der Waals surface area contributed by atoms with Crippen molar-refractivity contribution in [3.63, 3.8) is 0 Å². The van der Waals surface area contributed by atoms with E-state index in [-0.39, 0.29) is 22.5 Å². The fraction of sp³-hybridized carbons (Fsp3) is 0.265. The largest absolute Gasteiger partial charge is 0.481 e. The number of carbonyl (C=O) groups excluding carboxylic acids is 1. The molecule has 48 heavy (non-hydrogen) atoms. The molecule has 0 unspecified atom stereocenters. The molecule has 0 saturated carbocycles. The first-order valence-corrected chi connectivity index (χ1v) is 15.4. The molecule has 1 amide bonds. The number of halogens is 4. The van der Waals surface area contributed by atoms with Crippen LogP contribution in [0.15, 0.2) is 65.6 Å². The van der Waals surface area contributed by atoms with E-state index < -0.39 is 17.4 Å². The Morgan fingerprint density at radius 3 is 2.42 bits per heavy atom. The Balaban J connectivity index is 0.000000677. The van der Waals surface area contributed by atoms with Crippen molar-refractivity contribution in [3.05, 3.63) is 93.0 Å². The third-order valence-corrected chi connectivity index (χ3v) is 8.18. The average molecular weight is 680 g/mol. The lowest BCUT2D eigenvalue weighted by Gasteiger charge is -2.17. The van der Waals surface area contributed by atoms with Crippen LogP contribution in [0.25, 0.3) is 33.2 Å². The molecule has 4 heterocycles. The number of nitrogens with zero attached hydrogens (tertiary/aromatic N) is 4. The molecule has 1 aliphatic heterocycles. The number of aromatic nitrogens is 4. The summed E-state index contributed by atoms with van der Waals surface area (Å²) in [5, 5.41) is 13.1. The highest BCUT2D eigenvalue weighted by Crippen LogP contribution is 2.40. The maximum atomic E-state index is 13.7. The smallest absolute Gasteiger partial charge is 0.433 e. The first-order chi connectivity index (χ1) is 22.9. The molecule has 250 valence electrons. The van der Waals surface area contributed by atoms with Crippen LogP contribution in [-0.2, 0) is 24.6 Å². The zero-order valence-corrected chi connectivity index (χ0v) is 27.4. The van der Waals surface area contributed by atoms with E-state index >= 15 is 0 Å². The van der Waals surface area contributed by atoms with E-state index in [2.05, 4.69) is 31.0 Å². The van der Waals surface area contributed by atoms with E-state index in [1.165, 1.54) is 13.2 Å². The monoisotopic (exact) mass is 679 g/mol. The minimum Gasteiger partial charge on any atom is -0.481 e. The Morgan fingerprint density at radius 1 is 1.04 bits per heavy atom. The predicted octanol–water partition coefficient (Wildman–Crippen LogP) is 6.41. The standard InChI is InChI=1S/C30H26ClF3N6O2.C4H7NO/c1-16-19(20-8-5-9-21(26(20)31)23-12-11-17(14-35-2)28(38-23)42-4)7-6-10-22(16)37-27-25-18(15-36-40(3)29(25)41)13-24(39-27)30(32,33)34;6-4-2-1-3-5-4/h5-13,15,35H,14H2,1-4H3,(H,37,39);1-3H2,(H,5,6). The maximum Gasteiger partial charge on any atom is 0.433 e. The molecule has 14 heteroatoms. The lowest BCUT2D eigenvalue weighted by Crippen LogP contribution is -2.21. The lowest BCUT2D eigenvalue weighted by atomic mass is 9.96. The summed E-state index contributed by atoms with van der Waals surface area (Å²) in [6.45, 7) is 3.28. The second kappa shape index (κ2) is 14.4. The Hall–Kier alpha value is -5.01. The number of amides is 1. The van der Waals surface area contributed by atoms with Gasteiger partial charge < -0.3 is 20.7 Å². The minimum atomic E-state index is -4.72. The molecule has 5 aromatic rings. The number of anilines is 2. The van der Waals surface area contributed by atoms with E-state index in [0.717, 1.165) is 41.3 Å². The summed E-state index contributed by atoms with van der Waals surface area (Å²) in [7, 11) is 4.81. The van der Waals surface area contributed by atoms with Gasteiger partial charge in [0.15, 0.2) is 0 Å². The fourth-order valence-electron chi connectivity index (χ4n) is 5.30. The normalized spacial score (nSPS) is 12.8. The molecule has 0 radical (unpaired) electrons. The second-order valence-corrected chi connectivity index (χ2v) is 11.4. The van der Waals surface area contributed by atoms with Gasteiger partial charge in [0, 0.05) is 54.3 Å². The van der Waals surface area contributed by atoms with Crippen LogP contribution < -0.4 is 26.2 Å². The van der Waals surface area contributed by atoms with Gasteiger partial charge in [0.2, 0.25) is 11.8 Å². The molecule has 3 N–H and O–H groups in total. The van der Waals surface area contributed by atoms with Gasteiger partial charge in [-0.1, -0.05) is 48.0 Å². The number of nitrogens with one attached hydrogen (secondary N) is 3. The fourth-order valence-corrected chi connectivity index (χ4v) is 5.63. The highest BCUT2D eigenvalue weighted by molar-refractivity contribution is 6.36. The van der Waals surface area contributed by atoms with Gasteiger partial charge in [0.25, 0.3) is 5.56 Å². The van der Waals surface area contributed by atoms with Gasteiger partial charge in [-0.25, -0.2) is 14.6 Å². The molecule has 3 aromatic heterocycles. The third kappa shape index (κ3) is 7.26. The zero-order chi connectivity index (χ0) is 34.6. The third-order valence-electron chi connectivity index (χ3n) is 7.77. The van der Waals surface area contributed by atoms with E-state index in [4.69, 9.17) is 16.3 Å². The number of benzene rings is 2. The number of hydrogen-bond donors (Lipinski definition) is 3. The van der Waals surface area contributed by atoms with Crippen molar-refractivity contribution in [1.29, 1.82) is 0 Å². The lowest BCUT2D eigenvalue weighted by molar-refractivity contribution is -0.141. The quantitative estimate of drug-likeness (QED) is 0.181. The van der Waals surface area contributed by atoms with Crippen LogP contribution in [0.4, 0.5) is 24.7 Å². The van der Waals surface area contributed by atoms with Crippen LogP contribution in [0, 0.1) is 6.92 Å². The van der Waals surface area contributed by atoms with Crippen LogP contribution in [0.3, 0.4) is 0 Å². The molecular weight excluding hydrogens is 647 g/mol. The van der Waals surface area contributed by atoms with Crippen molar-refractivity contribution in [2.45, 2.75) is 32.5 Å². The van der Waals surface area contributed by atoms with Gasteiger partial charge in [-0.2, -0.15) is 18.3 Å². The summed E-state index contributed by atoms with van der Waals surface area (Å²) in [4.78, 5) is 31.5. The number of pyridine rings is 2. The van der Waals surface area contributed by atoms with Crippen LogP contribution in [0.1, 0.15) is 29.7 Å². The molecule has 1 aliphatic rings. The first kappa shape index (κ1) is 34.3. The van der Waals surface area contributed by atoms with E-state index in [1.807, 2.05) is 50.4 Å². The molecule has 6 rings (SSSR count). The van der Waals surface area contributed by atoms with Gasteiger partial charge in [-0.3, -0.25) is 9.59 Å². The highest BCUT2D eigenvalue weighted by atomic mass is 35.5. The summed E-state index contributed by atoms with van der Waals surface area (Å²) in [5.41, 5.74) is 3.05. The number of methoxy groups -OCH3 is 1. The molecule has 2 aromatic carbocycles. The number of ether oxygens (including phenoxy) is 1. The summed E-state index contributed by atoms with van der Waals surface area (Å²) < 4.78 is 47.6. The van der Waals surface area contributed by atoms with Crippen LogP contribution >= 0.6 is 11.6 Å². The van der Waals surface area contributed by atoms with Gasteiger partial charge in [0.05, 0.1) is 29.4 Å². The zero-order valence-electron chi connectivity index (χ0n) is 26.6. The van der Waals surface area contributed by atoms with Crippen molar-refractivity contribution in [1.82, 2.24) is 30.4 Å². The number of carbonyl (C=O) groups is 1. The van der Waals surface area contributed by atoms with Crippen LogP contribution in [-0.4, -0.2) is 46.4 Å². The Bertz CT molecular complexity index is 2040. The van der Waals surface area contributed by atoms with Crippen molar-refractivity contribution in [2.75, 3.05) is 26.0 Å². The predicted molar refractivity (Wildman–Crippen MR) is 179 cm³/mol. The number of alkyl halides is 3. The number of fused-ring (bicyclic) bond motifs is 1. The van der Waals surface area contributed by atoms with Crippen molar-refractivity contribution in [2.24, 2.45) is 7.05 Å². The van der Waals surface area contributed by atoms with Crippen molar-refractivity contribution < 1.29 is 22.7 Å². The average Bonchev–Trinajstić information content (AvgIpc) is 3.55. The number of hydrogen-bond acceptors (Lipinski definition) is 8. The van der Waals surface area contributed by atoms with Gasteiger partial charge in [-0.15, -0.1) is 0 Å². The van der Waals surface area contributed by atoms with Crippen LogP contribution in [0.5, 0.6) is 5.88 Å². The van der Waals surface area contributed by atoms with Crippen LogP contribution in [0.2, 0.25) is 5.02 Å². The van der Waals surface area contributed by atoms with Gasteiger partial charge >= 0.3 is 6.18 Å². The van der Waals surface area contributed by atoms with E-state index in [9.17, 15) is 22.8 Å². The van der Waals surface area contributed by atoms with Crippen molar-refractivity contribution in [3.8, 4) is 28.3 Å². The molecule has 0 atom stereocenters. The van der Waals surface area contributed by atoms with E-state index in [0.29, 0.717) is 45.5 Å². The summed E-state index contributed by atoms with van der Waals surface area (Å²) in [6, 6.07) is 15.5. The van der Waals surface area contributed by atoms with Gasteiger partial charge in [-0.05, 0) is 49.7 Å². The molecular formula is C34H33ClF3N7O3. The summed E-state index contributed by atoms with van der Waals surface area (Å²) in [5.74, 6) is 0.462. The molecule has 1 fully saturated rings.